The molecule has 0 unspecified atom stereocenters. The van der Waals surface area contributed by atoms with Gasteiger partial charge in [0.15, 0.2) is 0 Å². The standard InChI is InChI=1S/C21H24FN3O3/c1-24(16-7-5-15(22)6-8-16)17-13-21(28-14-17)9-11-25(12-10-21)20(27)18-3-2-4-19(26)23-18/h2-8,17H,9-14H2,1H3,(H,23,26)/t17-/m1/s1. The zero-order chi connectivity index (χ0) is 19.7. The molecule has 2 fully saturated rings. The Labute approximate surface area is 162 Å². The van der Waals surface area contributed by atoms with Crippen molar-refractivity contribution >= 4 is 11.6 Å². The third kappa shape index (κ3) is 3.67. The van der Waals surface area contributed by atoms with E-state index >= 15 is 0 Å². The number of anilines is 1. The van der Waals surface area contributed by atoms with Crippen LogP contribution in [0.4, 0.5) is 10.1 Å². The second-order valence-electron chi connectivity index (χ2n) is 7.66. The van der Waals surface area contributed by atoms with Crippen LogP contribution in [0.2, 0.25) is 0 Å². The van der Waals surface area contributed by atoms with Crippen LogP contribution in [-0.4, -0.2) is 54.2 Å². The molecule has 2 aliphatic rings. The molecule has 1 aromatic heterocycles. The fourth-order valence-electron chi connectivity index (χ4n) is 4.16. The number of ether oxygens (including phenoxy) is 1. The van der Waals surface area contributed by atoms with Crippen molar-refractivity contribution in [1.82, 2.24) is 9.88 Å². The highest BCUT2D eigenvalue weighted by Gasteiger charge is 2.44. The molecule has 0 bridgehead atoms. The Morgan fingerprint density at radius 1 is 1.21 bits per heavy atom. The van der Waals surface area contributed by atoms with Crippen molar-refractivity contribution < 1.29 is 13.9 Å². The average molecular weight is 385 g/mol. The number of nitrogens with one attached hydrogen (secondary N) is 1. The third-order valence-electron chi connectivity index (χ3n) is 5.93. The molecule has 28 heavy (non-hydrogen) atoms. The molecule has 4 rings (SSSR count). The van der Waals surface area contributed by atoms with Crippen LogP contribution >= 0.6 is 0 Å². The molecule has 6 nitrogen and oxygen atoms in total. The molecule has 0 saturated carbocycles. The van der Waals surface area contributed by atoms with Gasteiger partial charge in [-0.05, 0) is 49.6 Å². The lowest BCUT2D eigenvalue weighted by Gasteiger charge is -2.39. The molecule has 0 radical (unpaired) electrons. The lowest BCUT2D eigenvalue weighted by Crippen LogP contribution is -2.47. The van der Waals surface area contributed by atoms with Gasteiger partial charge in [0.1, 0.15) is 11.5 Å². The lowest BCUT2D eigenvalue weighted by molar-refractivity contribution is -0.0389. The molecule has 1 N–H and O–H groups in total. The number of nitrogens with zero attached hydrogens (tertiary/aromatic N) is 2. The topological polar surface area (TPSA) is 65.6 Å². The fourth-order valence-corrected chi connectivity index (χ4v) is 4.16. The van der Waals surface area contributed by atoms with Gasteiger partial charge in [-0.2, -0.15) is 0 Å². The highest BCUT2D eigenvalue weighted by molar-refractivity contribution is 5.92. The molecule has 1 atom stereocenters. The Kier molecular flexibility index (Phi) is 4.93. The van der Waals surface area contributed by atoms with Crippen LogP contribution in [0.25, 0.3) is 0 Å². The van der Waals surface area contributed by atoms with Crippen molar-refractivity contribution in [2.45, 2.75) is 30.9 Å². The molecule has 2 saturated heterocycles. The van der Waals surface area contributed by atoms with E-state index < -0.39 is 0 Å². The summed E-state index contributed by atoms with van der Waals surface area (Å²) >= 11 is 0. The van der Waals surface area contributed by atoms with Gasteiger partial charge in [-0.3, -0.25) is 9.59 Å². The number of likely N-dealkylation sites (tertiary alicyclic amines) is 1. The van der Waals surface area contributed by atoms with E-state index in [2.05, 4.69) is 9.88 Å². The molecule has 148 valence electrons. The molecule has 7 heteroatoms. The number of likely N-dealkylation sites (N-methyl/N-ethyl adjacent to an activating group) is 1. The van der Waals surface area contributed by atoms with Crippen LogP contribution < -0.4 is 10.5 Å². The molecule has 1 aromatic carbocycles. The van der Waals surface area contributed by atoms with E-state index in [9.17, 15) is 14.0 Å². The Morgan fingerprint density at radius 2 is 1.93 bits per heavy atom. The molecule has 1 spiro atoms. The van der Waals surface area contributed by atoms with Crippen LogP contribution in [0.15, 0.2) is 47.3 Å². The van der Waals surface area contributed by atoms with E-state index in [-0.39, 0.29) is 28.9 Å². The van der Waals surface area contributed by atoms with Gasteiger partial charge in [-0.25, -0.2) is 4.39 Å². The number of aromatic amines is 1. The Bertz CT molecular complexity index is 904. The van der Waals surface area contributed by atoms with Crippen LogP contribution in [-0.2, 0) is 4.74 Å². The summed E-state index contributed by atoms with van der Waals surface area (Å²) in [6, 6.07) is 11.3. The first-order valence-corrected chi connectivity index (χ1v) is 9.57. The van der Waals surface area contributed by atoms with Gasteiger partial charge in [-0.1, -0.05) is 6.07 Å². The van der Waals surface area contributed by atoms with Gasteiger partial charge >= 0.3 is 0 Å². The van der Waals surface area contributed by atoms with Crippen molar-refractivity contribution in [1.29, 1.82) is 0 Å². The number of rotatable bonds is 3. The summed E-state index contributed by atoms with van der Waals surface area (Å²) in [5.41, 5.74) is 0.794. The largest absolute Gasteiger partial charge is 0.373 e. The minimum atomic E-state index is -0.273. The number of amides is 1. The summed E-state index contributed by atoms with van der Waals surface area (Å²) in [4.78, 5) is 30.6. The predicted molar refractivity (Wildman–Crippen MR) is 104 cm³/mol. The summed E-state index contributed by atoms with van der Waals surface area (Å²) in [6.07, 6.45) is 2.41. The van der Waals surface area contributed by atoms with Crippen molar-refractivity contribution in [3.63, 3.8) is 0 Å². The van der Waals surface area contributed by atoms with E-state index in [1.807, 2.05) is 7.05 Å². The van der Waals surface area contributed by atoms with E-state index in [4.69, 9.17) is 4.74 Å². The summed E-state index contributed by atoms with van der Waals surface area (Å²) < 4.78 is 19.4. The normalized spacial score (nSPS) is 21.1. The van der Waals surface area contributed by atoms with Crippen molar-refractivity contribution in [2.24, 2.45) is 0 Å². The molecule has 2 aromatic rings. The van der Waals surface area contributed by atoms with E-state index in [0.717, 1.165) is 24.9 Å². The molecule has 1 amide bonds. The smallest absolute Gasteiger partial charge is 0.270 e. The number of hydrogen-bond donors (Lipinski definition) is 1. The van der Waals surface area contributed by atoms with Crippen LogP contribution in [0.1, 0.15) is 29.8 Å². The number of aromatic nitrogens is 1. The maximum atomic E-state index is 13.2. The number of carbonyl (C=O) groups excluding carboxylic acids is 1. The van der Waals surface area contributed by atoms with E-state index in [0.29, 0.717) is 25.4 Å². The Morgan fingerprint density at radius 3 is 2.61 bits per heavy atom. The van der Waals surface area contributed by atoms with Gasteiger partial charge in [0, 0.05) is 31.9 Å². The number of H-pyrrole nitrogens is 1. The molecule has 3 heterocycles. The molecule has 0 aliphatic carbocycles. The maximum Gasteiger partial charge on any atom is 0.270 e. The summed E-state index contributed by atoms with van der Waals surface area (Å²) in [6.45, 7) is 1.82. The molecular formula is C21H24FN3O3. The SMILES string of the molecule is CN(c1ccc(F)cc1)[C@H]1COC2(CCN(C(=O)c3cccc(=O)[nH]3)CC2)C1. The van der Waals surface area contributed by atoms with Crippen molar-refractivity contribution in [3.8, 4) is 0 Å². The van der Waals surface area contributed by atoms with E-state index in [1.54, 1.807) is 29.2 Å². The summed E-state index contributed by atoms with van der Waals surface area (Å²) in [7, 11) is 2.00. The van der Waals surface area contributed by atoms with Gasteiger partial charge < -0.3 is 19.5 Å². The van der Waals surface area contributed by atoms with Gasteiger partial charge in [-0.15, -0.1) is 0 Å². The highest BCUT2D eigenvalue weighted by Crippen LogP contribution is 2.38. The maximum absolute atomic E-state index is 13.2. The van der Waals surface area contributed by atoms with Crippen molar-refractivity contribution in [2.75, 3.05) is 31.6 Å². The first-order chi connectivity index (χ1) is 13.5. The van der Waals surface area contributed by atoms with E-state index in [1.165, 1.54) is 18.2 Å². The quantitative estimate of drug-likeness (QED) is 0.881. The minimum Gasteiger partial charge on any atom is -0.373 e. The predicted octanol–water partition coefficient (Wildman–Crippen LogP) is 2.41. The summed E-state index contributed by atoms with van der Waals surface area (Å²) in [5, 5.41) is 0. The number of hydrogen-bond acceptors (Lipinski definition) is 4. The first kappa shape index (κ1) is 18.7. The number of piperidine rings is 1. The Hall–Kier alpha value is -2.67. The van der Waals surface area contributed by atoms with Crippen LogP contribution in [0.3, 0.4) is 0 Å². The first-order valence-electron chi connectivity index (χ1n) is 9.57. The second-order valence-corrected chi connectivity index (χ2v) is 7.66. The number of carbonyl (C=O) groups is 1. The van der Waals surface area contributed by atoms with Crippen LogP contribution in [0.5, 0.6) is 0 Å². The summed E-state index contributed by atoms with van der Waals surface area (Å²) in [5.74, 6) is -0.390. The lowest BCUT2D eigenvalue weighted by atomic mass is 9.87. The average Bonchev–Trinajstić information content (AvgIpc) is 3.12. The third-order valence-corrected chi connectivity index (χ3v) is 5.93. The Balaban J connectivity index is 1.37. The zero-order valence-electron chi connectivity index (χ0n) is 15.9. The number of pyridine rings is 1. The highest BCUT2D eigenvalue weighted by atomic mass is 19.1. The number of halogens is 1. The molecular weight excluding hydrogens is 361 g/mol. The number of benzene rings is 1. The fraction of sp³-hybridized carbons (Fsp3) is 0.429. The minimum absolute atomic E-state index is 0.148. The van der Waals surface area contributed by atoms with Crippen LogP contribution in [0, 0.1) is 5.82 Å². The van der Waals surface area contributed by atoms with Gasteiger partial charge in [0.05, 0.1) is 18.2 Å². The monoisotopic (exact) mass is 385 g/mol. The second kappa shape index (κ2) is 7.39. The van der Waals surface area contributed by atoms with Gasteiger partial charge in [0.25, 0.3) is 5.91 Å². The molecule has 2 aliphatic heterocycles. The zero-order valence-corrected chi connectivity index (χ0v) is 15.9. The van der Waals surface area contributed by atoms with Gasteiger partial charge in [0.2, 0.25) is 5.56 Å². The van der Waals surface area contributed by atoms with Crippen molar-refractivity contribution in [3.05, 3.63) is 64.3 Å².